The number of anilines is 1. The summed E-state index contributed by atoms with van der Waals surface area (Å²) < 4.78 is 39.2. The average molecular weight is 350 g/mol. The van der Waals surface area contributed by atoms with Crippen molar-refractivity contribution in [2.24, 2.45) is 0 Å². The molecule has 0 radical (unpaired) electrons. The number of amides is 1. The molecule has 0 atom stereocenters. The zero-order valence-electron chi connectivity index (χ0n) is 13.5. The second-order valence-electron chi connectivity index (χ2n) is 5.40. The van der Waals surface area contributed by atoms with Crippen LogP contribution in [0.3, 0.4) is 0 Å². The van der Waals surface area contributed by atoms with Gasteiger partial charge in [-0.2, -0.15) is 0 Å². The minimum Gasteiger partial charge on any atom is -0.326 e. The van der Waals surface area contributed by atoms with Crippen LogP contribution in [0, 0.1) is 19.7 Å². The molecule has 2 aromatic rings. The Morgan fingerprint density at radius 3 is 2.42 bits per heavy atom. The van der Waals surface area contributed by atoms with Gasteiger partial charge < -0.3 is 5.32 Å². The molecule has 24 heavy (non-hydrogen) atoms. The van der Waals surface area contributed by atoms with E-state index < -0.39 is 15.8 Å². The van der Waals surface area contributed by atoms with E-state index in [1.54, 1.807) is 6.07 Å². The maximum absolute atomic E-state index is 12.8. The number of benzene rings is 2. The van der Waals surface area contributed by atoms with E-state index in [1.807, 2.05) is 26.0 Å². The Balaban J connectivity index is 1.90. The predicted octanol–water partition coefficient (Wildman–Crippen LogP) is 2.75. The van der Waals surface area contributed by atoms with Crippen LogP contribution < -0.4 is 10.0 Å². The number of halogens is 1. The molecule has 0 spiro atoms. The van der Waals surface area contributed by atoms with E-state index in [0.717, 1.165) is 23.3 Å². The van der Waals surface area contributed by atoms with Crippen LogP contribution in [0.1, 0.15) is 17.5 Å². The van der Waals surface area contributed by atoms with Crippen molar-refractivity contribution in [3.05, 3.63) is 59.4 Å². The highest BCUT2D eigenvalue weighted by Crippen LogP contribution is 2.18. The van der Waals surface area contributed by atoms with Crippen molar-refractivity contribution in [1.29, 1.82) is 0 Å². The Morgan fingerprint density at radius 1 is 1.08 bits per heavy atom. The number of hydrogen-bond donors (Lipinski definition) is 2. The molecule has 2 N–H and O–H groups in total. The van der Waals surface area contributed by atoms with Gasteiger partial charge in [-0.3, -0.25) is 4.79 Å². The van der Waals surface area contributed by atoms with Crippen molar-refractivity contribution in [2.75, 3.05) is 11.9 Å². The summed E-state index contributed by atoms with van der Waals surface area (Å²) in [4.78, 5) is 11.9. The fourth-order valence-corrected chi connectivity index (χ4v) is 3.13. The smallest absolute Gasteiger partial charge is 0.240 e. The summed E-state index contributed by atoms with van der Waals surface area (Å²) in [7, 11) is -3.76. The van der Waals surface area contributed by atoms with Crippen molar-refractivity contribution < 1.29 is 17.6 Å². The van der Waals surface area contributed by atoms with Gasteiger partial charge in [-0.1, -0.05) is 12.1 Å². The number of hydrogen-bond acceptors (Lipinski definition) is 3. The first-order valence-electron chi connectivity index (χ1n) is 7.41. The van der Waals surface area contributed by atoms with Crippen LogP contribution in [-0.4, -0.2) is 20.9 Å². The van der Waals surface area contributed by atoms with Crippen molar-refractivity contribution in [3.63, 3.8) is 0 Å². The van der Waals surface area contributed by atoms with Crippen molar-refractivity contribution in [1.82, 2.24) is 4.72 Å². The summed E-state index contributed by atoms with van der Waals surface area (Å²) >= 11 is 0. The van der Waals surface area contributed by atoms with Gasteiger partial charge in [0.1, 0.15) is 5.82 Å². The minimum absolute atomic E-state index is 0.00614. The molecule has 7 heteroatoms. The lowest BCUT2D eigenvalue weighted by molar-refractivity contribution is -0.116. The highest BCUT2D eigenvalue weighted by molar-refractivity contribution is 7.89. The highest BCUT2D eigenvalue weighted by atomic mass is 32.2. The van der Waals surface area contributed by atoms with Crippen LogP contribution in [0.15, 0.2) is 47.4 Å². The number of carbonyl (C=O) groups excluding carboxylic acids is 1. The van der Waals surface area contributed by atoms with Gasteiger partial charge >= 0.3 is 0 Å². The molecule has 0 saturated carbocycles. The molecule has 0 saturated heterocycles. The van der Waals surface area contributed by atoms with E-state index in [9.17, 15) is 17.6 Å². The van der Waals surface area contributed by atoms with E-state index in [1.165, 1.54) is 12.1 Å². The molecule has 5 nitrogen and oxygen atoms in total. The molecule has 0 aliphatic heterocycles. The van der Waals surface area contributed by atoms with Gasteiger partial charge in [0.05, 0.1) is 4.90 Å². The van der Waals surface area contributed by atoms with Crippen molar-refractivity contribution in [2.45, 2.75) is 25.2 Å². The first-order valence-corrected chi connectivity index (χ1v) is 8.89. The van der Waals surface area contributed by atoms with E-state index in [0.29, 0.717) is 5.69 Å². The van der Waals surface area contributed by atoms with Gasteiger partial charge in [0.15, 0.2) is 0 Å². The lowest BCUT2D eigenvalue weighted by atomic mass is 10.1. The zero-order valence-corrected chi connectivity index (χ0v) is 14.3. The highest BCUT2D eigenvalue weighted by Gasteiger charge is 2.14. The summed E-state index contributed by atoms with van der Waals surface area (Å²) in [6.07, 6.45) is -0.00614. The second kappa shape index (κ2) is 7.55. The van der Waals surface area contributed by atoms with E-state index in [-0.39, 0.29) is 23.8 Å². The Labute approximate surface area is 141 Å². The summed E-state index contributed by atoms with van der Waals surface area (Å²) in [5.74, 6) is -0.799. The number of sulfonamides is 1. The minimum atomic E-state index is -3.76. The maximum atomic E-state index is 12.8. The summed E-state index contributed by atoms with van der Waals surface area (Å²) in [6, 6.07) is 10.1. The Kier molecular flexibility index (Phi) is 5.69. The molecule has 128 valence electrons. The van der Waals surface area contributed by atoms with Crippen molar-refractivity contribution >= 4 is 21.6 Å². The molecule has 0 heterocycles. The molecule has 0 bridgehead atoms. The SMILES string of the molecule is Cc1cccc(NC(=O)CCNS(=O)(=O)c2ccc(F)cc2)c1C. The normalized spacial score (nSPS) is 11.3. The monoisotopic (exact) mass is 350 g/mol. The fraction of sp³-hybridized carbons (Fsp3) is 0.235. The molecule has 0 unspecified atom stereocenters. The third-order valence-electron chi connectivity index (χ3n) is 3.65. The lowest BCUT2D eigenvalue weighted by Gasteiger charge is -2.11. The summed E-state index contributed by atoms with van der Waals surface area (Å²) in [5.41, 5.74) is 2.74. The van der Waals surface area contributed by atoms with E-state index in [4.69, 9.17) is 0 Å². The number of carbonyl (C=O) groups is 1. The maximum Gasteiger partial charge on any atom is 0.240 e. The first kappa shape index (κ1) is 18.1. The lowest BCUT2D eigenvalue weighted by Crippen LogP contribution is -2.28. The first-order chi connectivity index (χ1) is 11.3. The molecule has 0 aliphatic rings. The van der Waals surface area contributed by atoms with Crippen LogP contribution >= 0.6 is 0 Å². The summed E-state index contributed by atoms with van der Waals surface area (Å²) in [5, 5.41) is 2.76. The van der Waals surface area contributed by atoms with E-state index in [2.05, 4.69) is 10.0 Å². The number of nitrogens with one attached hydrogen (secondary N) is 2. The Bertz CT molecular complexity index is 833. The molecule has 0 aromatic heterocycles. The molecule has 2 aromatic carbocycles. The third-order valence-corrected chi connectivity index (χ3v) is 5.12. The molecule has 2 rings (SSSR count). The third kappa shape index (κ3) is 4.62. The van der Waals surface area contributed by atoms with Crippen LogP contribution in [0.2, 0.25) is 0 Å². The summed E-state index contributed by atoms with van der Waals surface area (Å²) in [6.45, 7) is 3.81. The molecular weight excluding hydrogens is 331 g/mol. The van der Waals surface area contributed by atoms with Gasteiger partial charge in [-0.15, -0.1) is 0 Å². The Morgan fingerprint density at radius 2 is 1.75 bits per heavy atom. The van der Waals surface area contributed by atoms with Crippen LogP contribution in [0.4, 0.5) is 10.1 Å². The second-order valence-corrected chi connectivity index (χ2v) is 7.16. The number of aryl methyl sites for hydroxylation is 1. The topological polar surface area (TPSA) is 75.3 Å². The van der Waals surface area contributed by atoms with Crippen LogP contribution in [0.5, 0.6) is 0 Å². The van der Waals surface area contributed by atoms with Gasteiger partial charge in [-0.25, -0.2) is 17.5 Å². The standard InChI is InChI=1S/C17H19FN2O3S/c1-12-4-3-5-16(13(12)2)20-17(21)10-11-19-24(22,23)15-8-6-14(18)7-9-15/h3-9,19H,10-11H2,1-2H3,(H,20,21). The fourth-order valence-electron chi connectivity index (χ4n) is 2.10. The van der Waals surface area contributed by atoms with E-state index >= 15 is 0 Å². The largest absolute Gasteiger partial charge is 0.326 e. The van der Waals surface area contributed by atoms with Crippen LogP contribution in [0.25, 0.3) is 0 Å². The van der Waals surface area contributed by atoms with Gasteiger partial charge in [-0.05, 0) is 55.3 Å². The molecule has 0 aliphatic carbocycles. The van der Waals surface area contributed by atoms with Gasteiger partial charge in [0, 0.05) is 18.7 Å². The quantitative estimate of drug-likeness (QED) is 0.841. The van der Waals surface area contributed by atoms with Gasteiger partial charge in [0.2, 0.25) is 15.9 Å². The zero-order chi connectivity index (χ0) is 17.7. The molecule has 1 amide bonds. The van der Waals surface area contributed by atoms with Crippen molar-refractivity contribution in [3.8, 4) is 0 Å². The average Bonchev–Trinajstić information content (AvgIpc) is 2.52. The number of rotatable bonds is 6. The van der Waals surface area contributed by atoms with Crippen LogP contribution in [-0.2, 0) is 14.8 Å². The Hall–Kier alpha value is -2.25. The predicted molar refractivity (Wildman–Crippen MR) is 90.8 cm³/mol. The molecular formula is C17H19FN2O3S. The van der Waals surface area contributed by atoms with Gasteiger partial charge in [0.25, 0.3) is 0 Å². The molecule has 0 fully saturated rings.